The molecule has 86 heavy (non-hydrogen) atoms. The molecule has 0 aliphatic heterocycles. The summed E-state index contributed by atoms with van der Waals surface area (Å²) in [4.78, 5) is 22.0. The number of para-hydroxylation sites is 1. The van der Waals surface area contributed by atoms with Gasteiger partial charge in [-0.25, -0.2) is 19.9 Å². The number of fused-ring (bicyclic) bond motifs is 6. The Morgan fingerprint density at radius 1 is 0.198 bits per heavy atom. The van der Waals surface area contributed by atoms with Gasteiger partial charge in [-0.05, 0) is 100 Å². The lowest BCUT2D eigenvalue weighted by Crippen LogP contribution is -2.08. The number of aromatic nitrogens is 6. The Morgan fingerprint density at radius 3 is 0.965 bits per heavy atom. The van der Waals surface area contributed by atoms with Crippen molar-refractivity contribution in [2.45, 2.75) is 0 Å². The molecule has 6 heteroatoms. The molecule has 402 valence electrons. The van der Waals surface area contributed by atoms with Gasteiger partial charge in [-0.2, -0.15) is 0 Å². The molecule has 0 atom stereocenters. The molecule has 16 aromatic rings. The van der Waals surface area contributed by atoms with Crippen LogP contribution in [0.5, 0.6) is 0 Å². The highest BCUT2D eigenvalue weighted by Crippen LogP contribution is 2.47. The second-order valence-corrected chi connectivity index (χ2v) is 21.8. The van der Waals surface area contributed by atoms with Crippen molar-refractivity contribution in [3.05, 3.63) is 315 Å². The zero-order valence-electron chi connectivity index (χ0n) is 46.7. The summed E-state index contributed by atoms with van der Waals surface area (Å²) < 4.78 is 4.98. The fourth-order valence-corrected chi connectivity index (χ4v) is 12.4. The Labute approximate surface area is 498 Å². The number of hydrogen-bond donors (Lipinski definition) is 0. The Balaban J connectivity index is 1.10. The van der Waals surface area contributed by atoms with Crippen LogP contribution >= 0.6 is 0 Å². The van der Waals surface area contributed by atoms with Crippen LogP contribution in [-0.2, 0) is 0 Å². The third-order valence-corrected chi connectivity index (χ3v) is 16.5. The van der Waals surface area contributed by atoms with Gasteiger partial charge in [-0.15, -0.1) is 0 Å². The molecular weight excluding hydrogens is 1040 g/mol. The molecule has 0 saturated heterocycles. The van der Waals surface area contributed by atoms with Crippen molar-refractivity contribution in [1.29, 1.82) is 0 Å². The van der Waals surface area contributed by atoms with Crippen LogP contribution in [0.15, 0.2) is 315 Å². The van der Waals surface area contributed by atoms with Crippen LogP contribution in [0.2, 0.25) is 0 Å². The van der Waals surface area contributed by atoms with Crippen molar-refractivity contribution in [2.24, 2.45) is 0 Å². The van der Waals surface area contributed by atoms with Crippen molar-refractivity contribution >= 4 is 43.6 Å². The molecule has 0 bridgehead atoms. The minimum Gasteiger partial charge on any atom is -0.307 e. The molecule has 4 heterocycles. The van der Waals surface area contributed by atoms with Gasteiger partial charge in [0.05, 0.1) is 56.2 Å². The summed E-state index contributed by atoms with van der Waals surface area (Å²) >= 11 is 0. The zero-order chi connectivity index (χ0) is 56.9. The Bertz CT molecular complexity index is 4970. The Morgan fingerprint density at radius 2 is 0.523 bits per heavy atom. The summed E-state index contributed by atoms with van der Waals surface area (Å²) in [6.07, 6.45) is 0. The average Bonchev–Trinajstić information content (AvgIpc) is 1.66. The van der Waals surface area contributed by atoms with Gasteiger partial charge < -0.3 is 9.13 Å². The molecule has 0 aliphatic carbocycles. The number of hydrogen-bond acceptors (Lipinski definition) is 4. The van der Waals surface area contributed by atoms with Crippen LogP contribution in [0, 0.1) is 0 Å². The molecule has 0 N–H and O–H groups in total. The van der Waals surface area contributed by atoms with Gasteiger partial charge >= 0.3 is 0 Å². The summed E-state index contributed by atoms with van der Waals surface area (Å²) in [6, 6.07) is 112. The summed E-state index contributed by atoms with van der Waals surface area (Å²) in [6.45, 7) is 0. The lowest BCUT2D eigenvalue weighted by molar-refractivity contribution is 1.09. The molecule has 16 rings (SSSR count). The molecular formula is C80H52N6. The minimum atomic E-state index is 0.619. The van der Waals surface area contributed by atoms with E-state index in [0.717, 1.165) is 145 Å². The second kappa shape index (κ2) is 21.3. The molecule has 0 spiro atoms. The molecule has 0 unspecified atom stereocenters. The third kappa shape index (κ3) is 9.01. The molecule has 0 aliphatic rings. The van der Waals surface area contributed by atoms with Crippen LogP contribution in [0.1, 0.15) is 0 Å². The van der Waals surface area contributed by atoms with E-state index in [-0.39, 0.29) is 0 Å². The average molecular weight is 1100 g/mol. The van der Waals surface area contributed by atoms with Gasteiger partial charge in [0.1, 0.15) is 0 Å². The van der Waals surface area contributed by atoms with Crippen molar-refractivity contribution in [3.63, 3.8) is 0 Å². The molecule has 0 fully saturated rings. The van der Waals surface area contributed by atoms with Crippen LogP contribution in [-0.4, -0.2) is 29.1 Å². The fourth-order valence-electron chi connectivity index (χ4n) is 12.4. The first-order valence-electron chi connectivity index (χ1n) is 29.1. The summed E-state index contributed by atoms with van der Waals surface area (Å²) in [7, 11) is 0. The molecule has 0 radical (unpaired) electrons. The standard InChI is InChI=1S/C80H52N6/c1-8-24-53(25-9-1)60-42-45-76-65(46-60)64-38-22-23-39-73(64)86(76)78-68(72-52-70(57-32-16-5-17-33-57)82-80(84-72)59-36-20-7-21-37-59)49-63(71-51-69(56-30-14-4-15-31-56)81-79(83-71)58-34-18-6-19-35-58)50-77(78)85-74-43-40-61(54-26-10-2-11-27-54)47-66(74)67-48-62(41-44-75(67)85)55-28-12-3-13-29-55/h1-52H. The Hall–Kier alpha value is -11.6. The monoisotopic (exact) mass is 1100 g/mol. The van der Waals surface area contributed by atoms with E-state index in [4.69, 9.17) is 19.9 Å². The summed E-state index contributed by atoms with van der Waals surface area (Å²) in [5, 5.41) is 4.54. The van der Waals surface area contributed by atoms with Crippen LogP contribution in [0.25, 0.3) is 156 Å². The molecule has 6 nitrogen and oxygen atoms in total. The first-order chi connectivity index (χ1) is 42.6. The lowest BCUT2D eigenvalue weighted by Gasteiger charge is -2.23. The van der Waals surface area contributed by atoms with Crippen LogP contribution < -0.4 is 0 Å². The fraction of sp³-hybridized carbons (Fsp3) is 0. The van der Waals surface area contributed by atoms with Gasteiger partial charge in [0.2, 0.25) is 0 Å². The van der Waals surface area contributed by atoms with Crippen LogP contribution in [0.3, 0.4) is 0 Å². The number of nitrogens with zero attached hydrogens (tertiary/aromatic N) is 6. The first-order valence-corrected chi connectivity index (χ1v) is 29.1. The van der Waals surface area contributed by atoms with E-state index in [1.807, 2.05) is 30.3 Å². The quantitative estimate of drug-likeness (QED) is 0.129. The summed E-state index contributed by atoms with van der Waals surface area (Å²) in [5.41, 5.74) is 21.7. The second-order valence-electron chi connectivity index (χ2n) is 21.8. The van der Waals surface area contributed by atoms with Crippen molar-refractivity contribution < 1.29 is 0 Å². The summed E-state index contributed by atoms with van der Waals surface area (Å²) in [5.74, 6) is 1.25. The van der Waals surface area contributed by atoms with Gasteiger partial charge in [0.25, 0.3) is 0 Å². The maximum Gasteiger partial charge on any atom is 0.160 e. The van der Waals surface area contributed by atoms with Crippen molar-refractivity contribution in [3.8, 4) is 113 Å². The number of rotatable bonds is 11. The van der Waals surface area contributed by atoms with Crippen LogP contribution in [0.4, 0.5) is 0 Å². The molecule has 12 aromatic carbocycles. The van der Waals surface area contributed by atoms with E-state index in [0.29, 0.717) is 11.6 Å². The van der Waals surface area contributed by atoms with E-state index in [2.05, 4.69) is 294 Å². The van der Waals surface area contributed by atoms with Gasteiger partial charge in [-0.1, -0.05) is 249 Å². The minimum absolute atomic E-state index is 0.619. The molecule has 0 amide bonds. The van der Waals surface area contributed by atoms with Crippen molar-refractivity contribution in [1.82, 2.24) is 29.1 Å². The predicted molar refractivity (Wildman–Crippen MR) is 355 cm³/mol. The van der Waals surface area contributed by atoms with Crippen molar-refractivity contribution in [2.75, 3.05) is 0 Å². The van der Waals surface area contributed by atoms with Gasteiger partial charge in [-0.3, -0.25) is 0 Å². The predicted octanol–water partition coefficient (Wildman–Crippen LogP) is 20.5. The first kappa shape index (κ1) is 50.2. The topological polar surface area (TPSA) is 61.4 Å². The van der Waals surface area contributed by atoms with E-state index in [1.165, 1.54) is 0 Å². The highest BCUT2D eigenvalue weighted by Gasteiger charge is 2.27. The highest BCUT2D eigenvalue weighted by molar-refractivity contribution is 6.14. The SMILES string of the molecule is c1ccc(-c2ccc3c(c2)c2cc(-c4ccccc4)ccc2n3-c2cc(-c3cc(-c4ccccc4)nc(-c4ccccc4)n3)cc(-c3cc(-c4ccccc4)nc(-c4ccccc4)n3)c2-n2c3ccccc3c3cc(-c4ccccc4)ccc32)cc1. The van der Waals surface area contributed by atoms with Gasteiger partial charge in [0, 0.05) is 54.9 Å². The largest absolute Gasteiger partial charge is 0.307 e. The van der Waals surface area contributed by atoms with E-state index in [9.17, 15) is 0 Å². The maximum atomic E-state index is 5.72. The van der Waals surface area contributed by atoms with E-state index < -0.39 is 0 Å². The molecule has 0 saturated carbocycles. The molecule has 4 aromatic heterocycles. The van der Waals surface area contributed by atoms with Gasteiger partial charge in [0.15, 0.2) is 11.6 Å². The zero-order valence-corrected chi connectivity index (χ0v) is 46.7. The Kier molecular flexibility index (Phi) is 12.4. The third-order valence-electron chi connectivity index (χ3n) is 16.5. The van der Waals surface area contributed by atoms with E-state index >= 15 is 0 Å². The smallest absolute Gasteiger partial charge is 0.160 e. The normalized spacial score (nSPS) is 11.5. The number of benzene rings is 12. The maximum absolute atomic E-state index is 5.72. The lowest BCUT2D eigenvalue weighted by atomic mass is 9.97. The highest BCUT2D eigenvalue weighted by atomic mass is 15.1. The van der Waals surface area contributed by atoms with E-state index in [1.54, 1.807) is 0 Å².